The van der Waals surface area contributed by atoms with Crippen LogP contribution in [-0.2, 0) is 9.47 Å². The second kappa shape index (κ2) is 4.87. The summed E-state index contributed by atoms with van der Waals surface area (Å²) in [5, 5.41) is 0. The van der Waals surface area contributed by atoms with E-state index in [0.29, 0.717) is 0 Å². The van der Waals surface area contributed by atoms with Gasteiger partial charge < -0.3 is 19.4 Å². The van der Waals surface area contributed by atoms with E-state index in [1.54, 1.807) is 0 Å². The normalized spacial score (nSPS) is 19.9. The molecule has 102 valence electrons. The van der Waals surface area contributed by atoms with Crippen LogP contribution in [0, 0.1) is 5.41 Å². The number of rotatable bonds is 3. The van der Waals surface area contributed by atoms with Crippen LogP contribution < -0.4 is 0 Å². The number of aromatic amines is 2. The molecule has 0 unspecified atom stereocenters. The van der Waals surface area contributed by atoms with Gasteiger partial charge in [-0.1, -0.05) is 13.8 Å². The quantitative estimate of drug-likeness (QED) is 0.891. The van der Waals surface area contributed by atoms with Crippen molar-refractivity contribution in [2.75, 3.05) is 13.2 Å². The van der Waals surface area contributed by atoms with Crippen molar-refractivity contribution in [3.8, 4) is 0 Å². The van der Waals surface area contributed by atoms with Crippen LogP contribution in [0.25, 0.3) is 0 Å². The predicted molar refractivity (Wildman–Crippen MR) is 72.9 cm³/mol. The number of hydrogen-bond acceptors (Lipinski definition) is 2. The fraction of sp³-hybridized carbons (Fsp3) is 0.467. The molecule has 1 fully saturated rings. The Morgan fingerprint density at radius 1 is 1.05 bits per heavy atom. The van der Waals surface area contributed by atoms with Gasteiger partial charge in [0, 0.05) is 29.2 Å². The van der Waals surface area contributed by atoms with Gasteiger partial charge in [-0.3, -0.25) is 0 Å². The predicted octanol–water partition coefficient (Wildman–Crippen LogP) is 2.87. The van der Waals surface area contributed by atoms with Crippen LogP contribution in [-0.4, -0.2) is 29.5 Å². The highest BCUT2D eigenvalue weighted by Gasteiger charge is 2.35. The van der Waals surface area contributed by atoms with Gasteiger partial charge in [0.1, 0.15) is 0 Å². The monoisotopic (exact) mass is 260 g/mol. The Labute approximate surface area is 113 Å². The van der Waals surface area contributed by atoms with Gasteiger partial charge in [0.25, 0.3) is 0 Å². The van der Waals surface area contributed by atoms with Gasteiger partial charge in [-0.2, -0.15) is 0 Å². The van der Waals surface area contributed by atoms with E-state index in [1.807, 2.05) is 24.5 Å². The highest BCUT2D eigenvalue weighted by Crippen LogP contribution is 2.33. The summed E-state index contributed by atoms with van der Waals surface area (Å²) in [6, 6.07) is 8.13. The molecule has 0 bridgehead atoms. The fourth-order valence-electron chi connectivity index (χ4n) is 2.43. The Morgan fingerprint density at radius 3 is 2.00 bits per heavy atom. The van der Waals surface area contributed by atoms with Crippen LogP contribution in [0.4, 0.5) is 0 Å². The average Bonchev–Trinajstić information content (AvgIpc) is 3.05. The van der Waals surface area contributed by atoms with Gasteiger partial charge in [-0.15, -0.1) is 0 Å². The van der Waals surface area contributed by atoms with Crippen LogP contribution >= 0.6 is 0 Å². The van der Waals surface area contributed by atoms with Gasteiger partial charge >= 0.3 is 0 Å². The van der Waals surface area contributed by atoms with E-state index in [4.69, 9.17) is 9.47 Å². The molecule has 0 aliphatic carbocycles. The fourth-order valence-corrected chi connectivity index (χ4v) is 2.43. The maximum absolute atomic E-state index is 5.94. The zero-order valence-corrected chi connectivity index (χ0v) is 11.3. The van der Waals surface area contributed by atoms with E-state index in [1.165, 1.54) is 0 Å². The number of nitrogens with one attached hydrogen (secondary N) is 2. The molecule has 0 radical (unpaired) electrons. The van der Waals surface area contributed by atoms with Crippen molar-refractivity contribution >= 4 is 0 Å². The second-order valence-electron chi connectivity index (χ2n) is 5.88. The smallest absolute Gasteiger partial charge is 0.171 e. The zero-order valence-electron chi connectivity index (χ0n) is 11.3. The summed E-state index contributed by atoms with van der Waals surface area (Å²) in [5.41, 5.74) is 2.30. The van der Waals surface area contributed by atoms with Crippen molar-refractivity contribution in [2.45, 2.75) is 26.1 Å². The lowest BCUT2D eigenvalue weighted by atomic mass is 9.93. The van der Waals surface area contributed by atoms with E-state index < -0.39 is 0 Å². The summed E-state index contributed by atoms with van der Waals surface area (Å²) < 4.78 is 11.9. The van der Waals surface area contributed by atoms with Crippen LogP contribution in [0.1, 0.15) is 31.2 Å². The van der Waals surface area contributed by atoms with E-state index in [9.17, 15) is 0 Å². The Bertz CT molecular complexity index is 458. The molecule has 0 spiro atoms. The molecule has 2 N–H and O–H groups in total. The van der Waals surface area contributed by atoms with E-state index in [0.717, 1.165) is 24.6 Å². The first-order chi connectivity index (χ1) is 9.16. The summed E-state index contributed by atoms with van der Waals surface area (Å²) >= 11 is 0. The largest absolute Gasteiger partial charge is 0.364 e. The lowest BCUT2D eigenvalue weighted by Gasteiger charge is -2.37. The molecule has 0 amide bonds. The van der Waals surface area contributed by atoms with Crippen LogP contribution in [0.3, 0.4) is 0 Å². The molecule has 2 aromatic rings. The van der Waals surface area contributed by atoms with Crippen LogP contribution in [0.5, 0.6) is 0 Å². The van der Waals surface area contributed by atoms with Gasteiger partial charge in [0.2, 0.25) is 0 Å². The Morgan fingerprint density at radius 2 is 1.58 bits per heavy atom. The van der Waals surface area contributed by atoms with E-state index in [2.05, 4.69) is 35.9 Å². The van der Waals surface area contributed by atoms with Gasteiger partial charge in [0.15, 0.2) is 6.29 Å². The molecule has 2 aromatic heterocycles. The maximum atomic E-state index is 5.94. The summed E-state index contributed by atoms with van der Waals surface area (Å²) in [6.45, 7) is 5.74. The molecule has 0 saturated carbocycles. The minimum absolute atomic E-state index is 0.0566. The van der Waals surface area contributed by atoms with Crippen molar-refractivity contribution < 1.29 is 9.47 Å². The number of aromatic nitrogens is 2. The molecule has 3 rings (SSSR count). The Kier molecular flexibility index (Phi) is 3.21. The standard InChI is InChI=1S/C15H20N2O2/c1-15(2)9-18-14(19-10-15)13(11-5-3-7-16-11)12-6-4-8-17-12/h3-8,13-14,16-17H,9-10H2,1-2H3. The van der Waals surface area contributed by atoms with Crippen LogP contribution in [0.15, 0.2) is 36.7 Å². The lowest BCUT2D eigenvalue weighted by molar-refractivity contribution is -0.227. The highest BCUT2D eigenvalue weighted by molar-refractivity contribution is 5.24. The lowest BCUT2D eigenvalue weighted by Crippen LogP contribution is -2.41. The van der Waals surface area contributed by atoms with Crippen molar-refractivity contribution in [3.05, 3.63) is 48.0 Å². The number of hydrogen-bond donors (Lipinski definition) is 2. The summed E-state index contributed by atoms with van der Waals surface area (Å²) in [7, 11) is 0. The van der Waals surface area contributed by atoms with Gasteiger partial charge in [-0.25, -0.2) is 0 Å². The number of H-pyrrole nitrogens is 2. The number of ether oxygens (including phenoxy) is 2. The molecule has 1 aliphatic rings. The Hall–Kier alpha value is -1.52. The molecular weight excluding hydrogens is 240 g/mol. The van der Waals surface area contributed by atoms with Crippen molar-refractivity contribution in [2.24, 2.45) is 5.41 Å². The van der Waals surface area contributed by atoms with Gasteiger partial charge in [0.05, 0.1) is 19.1 Å². The first-order valence-corrected chi connectivity index (χ1v) is 6.65. The average molecular weight is 260 g/mol. The minimum Gasteiger partial charge on any atom is -0.364 e. The molecule has 1 saturated heterocycles. The summed E-state index contributed by atoms with van der Waals surface area (Å²) in [5.74, 6) is 0.0566. The van der Waals surface area contributed by atoms with Crippen molar-refractivity contribution in [1.82, 2.24) is 9.97 Å². The van der Waals surface area contributed by atoms with Crippen molar-refractivity contribution in [3.63, 3.8) is 0 Å². The first kappa shape index (κ1) is 12.5. The Balaban J connectivity index is 1.85. The molecule has 4 nitrogen and oxygen atoms in total. The molecule has 3 heterocycles. The van der Waals surface area contributed by atoms with E-state index in [-0.39, 0.29) is 17.6 Å². The zero-order chi connectivity index (χ0) is 13.3. The molecule has 1 aliphatic heterocycles. The SMILES string of the molecule is CC1(C)COC(C(c2ccc[nH]2)c2ccc[nH]2)OC1. The first-order valence-electron chi connectivity index (χ1n) is 6.65. The third-order valence-electron chi connectivity index (χ3n) is 3.46. The molecule has 4 heteroatoms. The molecular formula is C15H20N2O2. The third-order valence-corrected chi connectivity index (χ3v) is 3.46. The minimum atomic E-state index is -0.245. The molecule has 0 atom stereocenters. The topological polar surface area (TPSA) is 50.0 Å². The van der Waals surface area contributed by atoms with Gasteiger partial charge in [-0.05, 0) is 24.3 Å². The van der Waals surface area contributed by atoms with E-state index >= 15 is 0 Å². The molecule has 19 heavy (non-hydrogen) atoms. The second-order valence-corrected chi connectivity index (χ2v) is 5.88. The van der Waals surface area contributed by atoms with Crippen molar-refractivity contribution in [1.29, 1.82) is 0 Å². The van der Waals surface area contributed by atoms with Crippen LogP contribution in [0.2, 0.25) is 0 Å². The summed E-state index contributed by atoms with van der Waals surface area (Å²) in [4.78, 5) is 6.53. The highest BCUT2D eigenvalue weighted by atomic mass is 16.7. The summed E-state index contributed by atoms with van der Waals surface area (Å²) in [6.07, 6.45) is 3.61. The maximum Gasteiger partial charge on any atom is 0.171 e. The third kappa shape index (κ3) is 2.60. The molecule has 0 aromatic carbocycles.